The fourth-order valence-electron chi connectivity index (χ4n) is 1.63. The number of hydrogen-bond donors (Lipinski definition) is 1. The van der Waals surface area contributed by atoms with E-state index in [0.29, 0.717) is 6.04 Å². The Morgan fingerprint density at radius 1 is 1.64 bits per heavy atom. The van der Waals surface area contributed by atoms with Crippen LogP contribution in [0.25, 0.3) is 6.08 Å². The standard InChI is InChI=1S/C11H14BrNS/c1-8-2-3-9(6-13-8)4-11-5-10(12)7-14-11/h4-5,7-8,13H,2-3,6H2,1H3/b9-4-. The Balaban J connectivity index is 2.04. The summed E-state index contributed by atoms with van der Waals surface area (Å²) in [5.41, 5.74) is 1.53. The Morgan fingerprint density at radius 3 is 3.07 bits per heavy atom. The van der Waals surface area contributed by atoms with E-state index < -0.39 is 0 Å². The smallest absolute Gasteiger partial charge is 0.0288 e. The van der Waals surface area contributed by atoms with Crippen molar-refractivity contribution in [1.82, 2.24) is 5.32 Å². The van der Waals surface area contributed by atoms with Crippen LogP contribution in [-0.2, 0) is 0 Å². The Bertz CT molecular complexity index is 333. The van der Waals surface area contributed by atoms with E-state index >= 15 is 0 Å². The number of rotatable bonds is 1. The average molecular weight is 272 g/mol. The van der Waals surface area contributed by atoms with Crippen molar-refractivity contribution in [3.05, 3.63) is 26.4 Å². The van der Waals surface area contributed by atoms with Crippen LogP contribution in [0.4, 0.5) is 0 Å². The number of piperidine rings is 1. The maximum Gasteiger partial charge on any atom is 0.0288 e. The molecule has 0 radical (unpaired) electrons. The van der Waals surface area contributed by atoms with E-state index in [-0.39, 0.29) is 0 Å². The van der Waals surface area contributed by atoms with Crippen LogP contribution in [0.1, 0.15) is 24.6 Å². The highest BCUT2D eigenvalue weighted by Crippen LogP contribution is 2.24. The summed E-state index contributed by atoms with van der Waals surface area (Å²) in [7, 11) is 0. The third-order valence-electron chi connectivity index (χ3n) is 2.51. The molecule has 0 bridgehead atoms. The molecule has 1 atom stereocenters. The van der Waals surface area contributed by atoms with Crippen molar-refractivity contribution in [2.75, 3.05) is 6.54 Å². The van der Waals surface area contributed by atoms with Crippen LogP contribution >= 0.6 is 27.3 Å². The Kier molecular flexibility index (Phi) is 3.42. The van der Waals surface area contributed by atoms with Gasteiger partial charge in [-0.3, -0.25) is 0 Å². The summed E-state index contributed by atoms with van der Waals surface area (Å²) in [5.74, 6) is 0. The van der Waals surface area contributed by atoms with E-state index in [4.69, 9.17) is 0 Å². The highest BCUT2D eigenvalue weighted by atomic mass is 79.9. The molecule has 2 heterocycles. The second-order valence-corrected chi connectivity index (χ2v) is 5.65. The summed E-state index contributed by atoms with van der Waals surface area (Å²) >= 11 is 5.26. The third-order valence-corrected chi connectivity index (χ3v) is 4.15. The van der Waals surface area contributed by atoms with Crippen molar-refractivity contribution in [3.8, 4) is 0 Å². The minimum absolute atomic E-state index is 0.683. The van der Waals surface area contributed by atoms with Crippen molar-refractivity contribution >= 4 is 33.3 Å². The van der Waals surface area contributed by atoms with Crippen molar-refractivity contribution in [1.29, 1.82) is 0 Å². The van der Waals surface area contributed by atoms with Crippen LogP contribution in [-0.4, -0.2) is 12.6 Å². The van der Waals surface area contributed by atoms with Gasteiger partial charge in [0.2, 0.25) is 0 Å². The first kappa shape index (κ1) is 10.4. The molecule has 1 fully saturated rings. The minimum atomic E-state index is 0.683. The van der Waals surface area contributed by atoms with Crippen LogP contribution in [0.2, 0.25) is 0 Å². The molecule has 0 saturated carbocycles. The van der Waals surface area contributed by atoms with Crippen molar-refractivity contribution in [3.63, 3.8) is 0 Å². The molecule has 76 valence electrons. The first-order chi connectivity index (χ1) is 6.74. The quantitative estimate of drug-likeness (QED) is 0.822. The average Bonchev–Trinajstić information content (AvgIpc) is 2.56. The molecule has 1 N–H and O–H groups in total. The van der Waals surface area contributed by atoms with Gasteiger partial charge in [-0.15, -0.1) is 11.3 Å². The van der Waals surface area contributed by atoms with Gasteiger partial charge >= 0.3 is 0 Å². The van der Waals surface area contributed by atoms with Gasteiger partial charge in [0.25, 0.3) is 0 Å². The molecule has 14 heavy (non-hydrogen) atoms. The lowest BCUT2D eigenvalue weighted by molar-refractivity contribution is 0.488. The molecular formula is C11H14BrNS. The van der Waals surface area contributed by atoms with Crippen molar-refractivity contribution < 1.29 is 0 Å². The van der Waals surface area contributed by atoms with E-state index in [0.717, 1.165) is 6.54 Å². The first-order valence-electron chi connectivity index (χ1n) is 4.91. The molecule has 1 unspecified atom stereocenters. The predicted molar refractivity (Wildman–Crippen MR) is 66.7 cm³/mol. The van der Waals surface area contributed by atoms with Crippen LogP contribution in [0.5, 0.6) is 0 Å². The minimum Gasteiger partial charge on any atom is -0.311 e. The molecule has 3 heteroatoms. The van der Waals surface area contributed by atoms with E-state index in [2.05, 4.69) is 45.7 Å². The molecule has 0 aromatic carbocycles. The molecule has 1 aliphatic heterocycles. The van der Waals surface area contributed by atoms with Gasteiger partial charge in [0.15, 0.2) is 0 Å². The highest BCUT2D eigenvalue weighted by molar-refractivity contribution is 9.10. The molecule has 0 amide bonds. The predicted octanol–water partition coefficient (Wildman–Crippen LogP) is 3.67. The molecule has 1 nitrogen and oxygen atoms in total. The SMILES string of the molecule is CC1CC/C(=C/c2cc(Br)cs2)CN1. The third kappa shape index (κ3) is 2.69. The Hall–Kier alpha value is -0.120. The van der Waals surface area contributed by atoms with Crippen molar-refractivity contribution in [2.45, 2.75) is 25.8 Å². The zero-order valence-corrected chi connectivity index (χ0v) is 10.6. The van der Waals surface area contributed by atoms with Gasteiger partial charge in [-0.25, -0.2) is 0 Å². The summed E-state index contributed by atoms with van der Waals surface area (Å²) in [6, 6.07) is 2.86. The number of nitrogens with one attached hydrogen (secondary N) is 1. The van der Waals surface area contributed by atoms with Gasteiger partial charge in [-0.2, -0.15) is 0 Å². The van der Waals surface area contributed by atoms with E-state index in [1.165, 1.54) is 27.8 Å². The normalized spacial score (nSPS) is 25.6. The van der Waals surface area contributed by atoms with Crippen molar-refractivity contribution in [2.24, 2.45) is 0 Å². The maximum absolute atomic E-state index is 3.48. The first-order valence-corrected chi connectivity index (χ1v) is 6.58. The Labute approximate surface area is 97.3 Å². The van der Waals surface area contributed by atoms with Crippen LogP contribution < -0.4 is 5.32 Å². The lowest BCUT2D eigenvalue weighted by Crippen LogP contribution is -2.32. The molecule has 1 aliphatic rings. The molecule has 2 rings (SSSR count). The van der Waals surface area contributed by atoms with E-state index in [1.807, 2.05) is 0 Å². The lowest BCUT2D eigenvalue weighted by Gasteiger charge is -2.21. The van der Waals surface area contributed by atoms with Gasteiger partial charge in [0.05, 0.1) is 0 Å². The molecular weight excluding hydrogens is 258 g/mol. The lowest BCUT2D eigenvalue weighted by atomic mass is 10.0. The monoisotopic (exact) mass is 271 g/mol. The largest absolute Gasteiger partial charge is 0.311 e. The number of halogens is 1. The van der Waals surface area contributed by atoms with E-state index in [1.54, 1.807) is 11.3 Å². The van der Waals surface area contributed by atoms with Gasteiger partial charge in [-0.05, 0) is 47.8 Å². The zero-order valence-electron chi connectivity index (χ0n) is 8.22. The molecule has 1 saturated heterocycles. The van der Waals surface area contributed by atoms with Gasteiger partial charge < -0.3 is 5.32 Å². The topological polar surface area (TPSA) is 12.0 Å². The molecule has 1 aromatic heterocycles. The molecule has 0 spiro atoms. The van der Waals surface area contributed by atoms with Crippen LogP contribution in [0, 0.1) is 0 Å². The second-order valence-electron chi connectivity index (χ2n) is 3.79. The summed E-state index contributed by atoms with van der Waals surface area (Å²) in [6.45, 7) is 3.30. The molecule has 0 aliphatic carbocycles. The molecule has 1 aromatic rings. The fraction of sp³-hybridized carbons (Fsp3) is 0.455. The second kappa shape index (κ2) is 4.60. The van der Waals surface area contributed by atoms with Gasteiger partial charge in [0.1, 0.15) is 0 Å². The Morgan fingerprint density at radius 2 is 2.50 bits per heavy atom. The van der Waals surface area contributed by atoms with Gasteiger partial charge in [0, 0.05) is 27.3 Å². The summed E-state index contributed by atoms with van der Waals surface area (Å²) in [5, 5.41) is 5.61. The summed E-state index contributed by atoms with van der Waals surface area (Å²) in [6.07, 6.45) is 4.82. The van der Waals surface area contributed by atoms with Gasteiger partial charge in [-0.1, -0.05) is 5.57 Å². The maximum atomic E-state index is 3.48. The zero-order chi connectivity index (χ0) is 9.97. The van der Waals surface area contributed by atoms with Crippen LogP contribution in [0.3, 0.4) is 0 Å². The number of hydrogen-bond acceptors (Lipinski definition) is 2. The number of thiophene rings is 1. The summed E-state index contributed by atoms with van der Waals surface area (Å²) in [4.78, 5) is 1.35. The highest BCUT2D eigenvalue weighted by Gasteiger charge is 2.10. The van der Waals surface area contributed by atoms with E-state index in [9.17, 15) is 0 Å². The van der Waals surface area contributed by atoms with Crippen LogP contribution in [0.15, 0.2) is 21.5 Å². The summed E-state index contributed by atoms with van der Waals surface area (Å²) < 4.78 is 1.19. The fourth-order valence-corrected chi connectivity index (χ4v) is 3.05.